The van der Waals surface area contributed by atoms with Gasteiger partial charge in [0.25, 0.3) is 0 Å². The van der Waals surface area contributed by atoms with Gasteiger partial charge in [-0.2, -0.15) is 5.10 Å². The van der Waals surface area contributed by atoms with E-state index in [0.717, 1.165) is 16.3 Å². The molecule has 1 unspecified atom stereocenters. The highest BCUT2D eigenvalue weighted by Gasteiger charge is 2.23. The zero-order chi connectivity index (χ0) is 12.6. The van der Waals surface area contributed by atoms with Crippen molar-refractivity contribution >= 4 is 23.1 Å². The second-order valence-corrected chi connectivity index (χ2v) is 5.31. The van der Waals surface area contributed by atoms with Gasteiger partial charge in [0.05, 0.1) is 33.5 Å². The van der Waals surface area contributed by atoms with Crippen molar-refractivity contribution in [2.24, 2.45) is 5.73 Å². The molecule has 1 atom stereocenters. The monoisotopic (exact) mass is 271 g/mol. The highest BCUT2D eigenvalue weighted by Crippen LogP contribution is 2.30. The van der Waals surface area contributed by atoms with Gasteiger partial charge in [0.1, 0.15) is 0 Å². The van der Waals surface area contributed by atoms with Crippen LogP contribution >= 0.6 is 23.1 Å². The molecule has 0 amide bonds. The predicted molar refractivity (Wildman–Crippen MR) is 68.3 cm³/mol. The molecule has 0 saturated heterocycles. The number of aromatic nitrogens is 4. The second kappa shape index (κ2) is 4.72. The van der Waals surface area contributed by atoms with Crippen molar-refractivity contribution in [3.8, 4) is 0 Å². The molecule has 2 heterocycles. The fraction of sp³-hybridized carbons (Fsp3) is 0.500. The zero-order valence-corrected chi connectivity index (χ0v) is 11.5. The smallest absolute Gasteiger partial charge is 0.0867 e. The number of halogens is 1. The van der Waals surface area contributed by atoms with Crippen LogP contribution in [0.1, 0.15) is 42.2 Å². The van der Waals surface area contributed by atoms with Crippen molar-refractivity contribution in [1.29, 1.82) is 0 Å². The van der Waals surface area contributed by atoms with Crippen LogP contribution in [0.2, 0.25) is 5.02 Å². The normalized spacial score (nSPS) is 13.3. The van der Waals surface area contributed by atoms with Crippen LogP contribution in [-0.2, 0) is 0 Å². The van der Waals surface area contributed by atoms with Crippen LogP contribution in [-0.4, -0.2) is 19.4 Å². The molecule has 92 valence electrons. The van der Waals surface area contributed by atoms with Crippen molar-refractivity contribution in [1.82, 2.24) is 19.4 Å². The van der Waals surface area contributed by atoms with Gasteiger partial charge in [-0.05, 0) is 32.3 Å². The summed E-state index contributed by atoms with van der Waals surface area (Å²) in [6.45, 7) is 5.97. The van der Waals surface area contributed by atoms with Gasteiger partial charge in [-0.25, -0.2) is 0 Å². The van der Waals surface area contributed by atoms with Gasteiger partial charge in [0, 0.05) is 6.04 Å². The molecule has 7 heteroatoms. The number of nitrogens with two attached hydrogens (primary N) is 1. The topological polar surface area (TPSA) is 69.6 Å². The Morgan fingerprint density at radius 3 is 2.71 bits per heavy atom. The molecule has 5 nitrogen and oxygen atoms in total. The molecule has 0 aliphatic rings. The summed E-state index contributed by atoms with van der Waals surface area (Å²) in [6.07, 6.45) is 1.63. The van der Waals surface area contributed by atoms with Crippen LogP contribution in [0.3, 0.4) is 0 Å². The standard InChI is InChI=1S/C10H14ClN5S/c1-5(2)16-9(7(11)4-13-16)8(12)10-6(3)14-15-17-10/h4-5,8H,12H2,1-3H3. The van der Waals surface area contributed by atoms with E-state index in [1.165, 1.54) is 11.5 Å². The molecule has 0 aliphatic heterocycles. The average Bonchev–Trinajstić information content (AvgIpc) is 2.83. The zero-order valence-electron chi connectivity index (χ0n) is 9.88. The van der Waals surface area contributed by atoms with E-state index in [1.54, 1.807) is 6.20 Å². The van der Waals surface area contributed by atoms with E-state index in [4.69, 9.17) is 17.3 Å². The molecule has 0 bridgehead atoms. The SMILES string of the molecule is Cc1nnsc1C(N)c1c(Cl)cnn1C(C)C. The molecule has 0 aromatic carbocycles. The lowest BCUT2D eigenvalue weighted by Gasteiger charge is -2.16. The van der Waals surface area contributed by atoms with E-state index in [1.807, 2.05) is 25.5 Å². The molecular weight excluding hydrogens is 258 g/mol. The molecule has 0 spiro atoms. The molecule has 2 N–H and O–H groups in total. The summed E-state index contributed by atoms with van der Waals surface area (Å²) in [4.78, 5) is 0.925. The second-order valence-electron chi connectivity index (χ2n) is 4.12. The first-order chi connectivity index (χ1) is 8.02. The first kappa shape index (κ1) is 12.5. The summed E-state index contributed by atoms with van der Waals surface area (Å²) in [7, 11) is 0. The lowest BCUT2D eigenvalue weighted by molar-refractivity contribution is 0.500. The van der Waals surface area contributed by atoms with E-state index in [2.05, 4.69) is 14.7 Å². The molecular formula is C10H14ClN5S. The first-order valence-corrected chi connectivity index (χ1v) is 6.44. The minimum Gasteiger partial charge on any atom is -0.318 e. The van der Waals surface area contributed by atoms with E-state index >= 15 is 0 Å². The first-order valence-electron chi connectivity index (χ1n) is 5.29. The van der Waals surface area contributed by atoms with Crippen LogP contribution in [0.15, 0.2) is 6.20 Å². The summed E-state index contributed by atoms with van der Waals surface area (Å²) in [5.41, 5.74) is 7.89. The fourth-order valence-electron chi connectivity index (χ4n) is 1.70. The molecule has 0 saturated carbocycles. The quantitative estimate of drug-likeness (QED) is 0.930. The van der Waals surface area contributed by atoms with Crippen molar-refractivity contribution in [3.05, 3.63) is 27.5 Å². The minimum absolute atomic E-state index is 0.213. The molecule has 0 fully saturated rings. The Morgan fingerprint density at radius 2 is 2.18 bits per heavy atom. The van der Waals surface area contributed by atoms with E-state index in [0.29, 0.717) is 5.02 Å². The van der Waals surface area contributed by atoms with Crippen LogP contribution in [0.5, 0.6) is 0 Å². The Morgan fingerprint density at radius 1 is 1.47 bits per heavy atom. The van der Waals surface area contributed by atoms with Crippen molar-refractivity contribution in [3.63, 3.8) is 0 Å². The third-order valence-electron chi connectivity index (χ3n) is 2.54. The molecule has 2 rings (SSSR count). The van der Waals surface area contributed by atoms with E-state index in [9.17, 15) is 0 Å². The van der Waals surface area contributed by atoms with Crippen molar-refractivity contribution in [2.75, 3.05) is 0 Å². The molecule has 0 radical (unpaired) electrons. The lowest BCUT2D eigenvalue weighted by Crippen LogP contribution is -2.19. The number of hydrogen-bond donors (Lipinski definition) is 1. The number of rotatable bonds is 3. The van der Waals surface area contributed by atoms with Crippen LogP contribution in [0.4, 0.5) is 0 Å². The Bertz CT molecular complexity index is 518. The van der Waals surface area contributed by atoms with Crippen molar-refractivity contribution in [2.45, 2.75) is 32.9 Å². The highest BCUT2D eigenvalue weighted by atomic mass is 35.5. The third kappa shape index (κ3) is 2.20. The molecule has 0 aliphatic carbocycles. The van der Waals surface area contributed by atoms with Gasteiger partial charge >= 0.3 is 0 Å². The van der Waals surface area contributed by atoms with E-state index < -0.39 is 0 Å². The van der Waals surface area contributed by atoms with Crippen LogP contribution < -0.4 is 5.73 Å². The Kier molecular flexibility index (Phi) is 3.46. The van der Waals surface area contributed by atoms with Gasteiger partial charge in [0.15, 0.2) is 0 Å². The average molecular weight is 272 g/mol. The number of hydrogen-bond acceptors (Lipinski definition) is 5. The Hall–Kier alpha value is -0.980. The number of nitrogens with zero attached hydrogens (tertiary/aromatic N) is 4. The van der Waals surface area contributed by atoms with Crippen LogP contribution in [0.25, 0.3) is 0 Å². The van der Waals surface area contributed by atoms with Gasteiger partial charge < -0.3 is 5.73 Å². The summed E-state index contributed by atoms with van der Waals surface area (Å²) < 4.78 is 5.74. The largest absolute Gasteiger partial charge is 0.318 e. The lowest BCUT2D eigenvalue weighted by atomic mass is 10.1. The Labute approximate surface area is 109 Å². The maximum atomic E-state index is 6.23. The predicted octanol–water partition coefficient (Wildman–Crippen LogP) is 2.33. The van der Waals surface area contributed by atoms with Gasteiger partial charge in [0.2, 0.25) is 0 Å². The van der Waals surface area contributed by atoms with Gasteiger partial charge in [-0.1, -0.05) is 16.1 Å². The fourth-order valence-corrected chi connectivity index (χ4v) is 2.60. The van der Waals surface area contributed by atoms with Gasteiger partial charge in [-0.15, -0.1) is 5.10 Å². The van der Waals surface area contributed by atoms with E-state index in [-0.39, 0.29) is 12.1 Å². The summed E-state index contributed by atoms with van der Waals surface area (Å²) >= 11 is 7.45. The molecule has 17 heavy (non-hydrogen) atoms. The maximum Gasteiger partial charge on any atom is 0.0867 e. The molecule has 2 aromatic rings. The summed E-state index contributed by atoms with van der Waals surface area (Å²) in [6, 6.07) is -0.114. The number of aryl methyl sites for hydroxylation is 1. The Balaban J connectivity index is 2.47. The van der Waals surface area contributed by atoms with Crippen LogP contribution in [0, 0.1) is 6.92 Å². The molecule has 2 aromatic heterocycles. The third-order valence-corrected chi connectivity index (χ3v) is 3.74. The summed E-state index contributed by atoms with van der Waals surface area (Å²) in [5.74, 6) is 0. The van der Waals surface area contributed by atoms with Gasteiger partial charge in [-0.3, -0.25) is 4.68 Å². The minimum atomic E-state index is -0.326. The maximum absolute atomic E-state index is 6.23. The summed E-state index contributed by atoms with van der Waals surface area (Å²) in [5, 5.41) is 8.79. The highest BCUT2D eigenvalue weighted by molar-refractivity contribution is 7.05. The van der Waals surface area contributed by atoms with Crippen molar-refractivity contribution < 1.29 is 0 Å².